The second-order valence-electron chi connectivity index (χ2n) is 6.10. The number of hydrogen-bond acceptors (Lipinski definition) is 5. The molecule has 0 fully saturated rings. The van der Waals surface area contributed by atoms with E-state index in [1.54, 1.807) is 31.3 Å². The third-order valence-corrected chi connectivity index (χ3v) is 4.79. The second-order valence-corrected chi connectivity index (χ2v) is 6.95. The van der Waals surface area contributed by atoms with Crippen molar-refractivity contribution >= 4 is 33.3 Å². The monoisotopic (exact) mass is 450 g/mol. The topological polar surface area (TPSA) is 108 Å². The fraction of sp³-hybridized carbons (Fsp3) is 0.235. The Morgan fingerprint density at radius 1 is 1.43 bits per heavy atom. The zero-order valence-corrected chi connectivity index (χ0v) is 16.6. The van der Waals surface area contributed by atoms with Crippen molar-refractivity contribution in [1.82, 2.24) is 19.6 Å². The predicted octanol–water partition coefficient (Wildman–Crippen LogP) is 3.45. The Hall–Kier alpha value is -3.08. The van der Waals surface area contributed by atoms with Crippen LogP contribution in [0.25, 0.3) is 0 Å². The van der Waals surface area contributed by atoms with Crippen molar-refractivity contribution in [3.05, 3.63) is 68.3 Å². The van der Waals surface area contributed by atoms with E-state index in [4.69, 9.17) is 0 Å². The van der Waals surface area contributed by atoms with E-state index in [0.29, 0.717) is 10.0 Å². The van der Waals surface area contributed by atoms with Gasteiger partial charge in [0.15, 0.2) is 5.82 Å². The molecule has 0 radical (unpaired) electrons. The first-order valence-corrected chi connectivity index (χ1v) is 9.03. The molecule has 1 atom stereocenters. The van der Waals surface area contributed by atoms with E-state index < -0.39 is 16.9 Å². The first-order valence-electron chi connectivity index (χ1n) is 8.23. The Morgan fingerprint density at radius 2 is 2.14 bits per heavy atom. The number of anilines is 1. The number of nitro groups is 1. The fourth-order valence-corrected chi connectivity index (χ4v) is 3.09. The Bertz CT molecular complexity index is 1050. The minimum atomic E-state index is -0.794. The molecular weight excluding hydrogens is 435 g/mol. The normalized spacial score (nSPS) is 12.0. The molecule has 1 aromatic carbocycles. The van der Waals surface area contributed by atoms with Gasteiger partial charge in [-0.2, -0.15) is 10.2 Å². The molecule has 3 aromatic rings. The highest BCUT2D eigenvalue weighted by Gasteiger charge is 2.24. The third-order valence-electron chi connectivity index (χ3n) is 4.21. The standard InChI is InChI=1S/C17H16BrFN6O3/c1-10-15(25(27)28)7-20-24(10)11(2)17(26)21-16-13(18)9-23(22-16)8-12-5-3-4-6-14(12)19/h3-7,9,11H,8H2,1-2H3,(H,21,22,26). The van der Waals surface area contributed by atoms with Gasteiger partial charge in [0, 0.05) is 11.8 Å². The van der Waals surface area contributed by atoms with Crippen molar-refractivity contribution < 1.29 is 14.1 Å². The molecule has 0 saturated carbocycles. The number of carbonyl (C=O) groups is 1. The lowest BCUT2D eigenvalue weighted by Gasteiger charge is -2.13. The van der Waals surface area contributed by atoms with Crippen LogP contribution in [-0.2, 0) is 11.3 Å². The van der Waals surface area contributed by atoms with Crippen LogP contribution in [0.15, 0.2) is 41.1 Å². The minimum Gasteiger partial charge on any atom is -0.306 e. The number of carbonyl (C=O) groups excluding carboxylic acids is 1. The van der Waals surface area contributed by atoms with Crippen LogP contribution in [0.5, 0.6) is 0 Å². The summed E-state index contributed by atoms with van der Waals surface area (Å²) < 4.78 is 17.1. The van der Waals surface area contributed by atoms with Crippen LogP contribution >= 0.6 is 15.9 Å². The van der Waals surface area contributed by atoms with Gasteiger partial charge in [-0.15, -0.1) is 0 Å². The summed E-state index contributed by atoms with van der Waals surface area (Å²) in [6.07, 6.45) is 2.73. The molecule has 1 N–H and O–H groups in total. The van der Waals surface area contributed by atoms with E-state index in [-0.39, 0.29) is 29.6 Å². The smallest absolute Gasteiger partial charge is 0.306 e. The van der Waals surface area contributed by atoms with Gasteiger partial charge in [-0.1, -0.05) is 18.2 Å². The zero-order chi connectivity index (χ0) is 20.4. The van der Waals surface area contributed by atoms with Crippen LogP contribution < -0.4 is 5.32 Å². The molecule has 146 valence electrons. The van der Waals surface area contributed by atoms with Crippen molar-refractivity contribution in [3.63, 3.8) is 0 Å². The Morgan fingerprint density at radius 3 is 2.79 bits per heavy atom. The molecule has 1 unspecified atom stereocenters. The van der Waals surface area contributed by atoms with E-state index in [0.717, 1.165) is 6.20 Å². The molecule has 2 heterocycles. The highest BCUT2D eigenvalue weighted by atomic mass is 79.9. The number of nitrogens with zero attached hydrogens (tertiary/aromatic N) is 5. The number of aromatic nitrogens is 4. The molecular formula is C17H16BrFN6O3. The Kier molecular flexibility index (Phi) is 5.54. The molecule has 1 amide bonds. The van der Waals surface area contributed by atoms with Crippen molar-refractivity contribution in [3.8, 4) is 0 Å². The molecule has 2 aromatic heterocycles. The van der Waals surface area contributed by atoms with Gasteiger partial charge in [0.2, 0.25) is 5.91 Å². The Labute approximate surface area is 167 Å². The summed E-state index contributed by atoms with van der Waals surface area (Å²) in [6, 6.07) is 5.55. The van der Waals surface area contributed by atoms with Gasteiger partial charge in [0.25, 0.3) is 0 Å². The maximum absolute atomic E-state index is 13.8. The second kappa shape index (κ2) is 7.89. The number of benzene rings is 1. The third kappa shape index (κ3) is 3.93. The highest BCUT2D eigenvalue weighted by molar-refractivity contribution is 9.10. The van der Waals surface area contributed by atoms with E-state index >= 15 is 0 Å². The van der Waals surface area contributed by atoms with Gasteiger partial charge in [0.1, 0.15) is 23.7 Å². The number of halogens is 2. The highest BCUT2D eigenvalue weighted by Crippen LogP contribution is 2.24. The van der Waals surface area contributed by atoms with Crippen LogP contribution in [0.3, 0.4) is 0 Å². The van der Waals surface area contributed by atoms with Crippen LogP contribution in [0.4, 0.5) is 15.9 Å². The molecule has 11 heteroatoms. The summed E-state index contributed by atoms with van der Waals surface area (Å²) in [5.74, 6) is -0.533. The predicted molar refractivity (Wildman–Crippen MR) is 102 cm³/mol. The number of rotatable bonds is 6. The van der Waals surface area contributed by atoms with Crippen molar-refractivity contribution in [2.45, 2.75) is 26.4 Å². The van der Waals surface area contributed by atoms with Gasteiger partial charge in [0.05, 0.1) is 15.9 Å². The van der Waals surface area contributed by atoms with Crippen molar-refractivity contribution in [1.29, 1.82) is 0 Å². The van der Waals surface area contributed by atoms with Crippen LogP contribution in [0.1, 0.15) is 24.2 Å². The maximum Gasteiger partial charge on any atom is 0.309 e. The summed E-state index contributed by atoms with van der Waals surface area (Å²) in [5, 5.41) is 21.8. The minimum absolute atomic E-state index is 0.157. The molecule has 3 rings (SSSR count). The molecule has 0 aliphatic heterocycles. The molecule has 9 nitrogen and oxygen atoms in total. The zero-order valence-electron chi connectivity index (χ0n) is 15.0. The van der Waals surface area contributed by atoms with Gasteiger partial charge in [-0.25, -0.2) is 4.39 Å². The number of amides is 1. The van der Waals surface area contributed by atoms with E-state index in [1.807, 2.05) is 0 Å². The summed E-state index contributed by atoms with van der Waals surface area (Å²) in [4.78, 5) is 22.9. The van der Waals surface area contributed by atoms with Crippen LogP contribution in [-0.4, -0.2) is 30.4 Å². The number of nitrogens with one attached hydrogen (secondary N) is 1. The summed E-state index contributed by atoms with van der Waals surface area (Å²) in [6.45, 7) is 3.29. The van der Waals surface area contributed by atoms with E-state index in [9.17, 15) is 19.3 Å². The largest absolute Gasteiger partial charge is 0.309 e. The molecule has 28 heavy (non-hydrogen) atoms. The first kappa shape index (κ1) is 19.7. The Balaban J connectivity index is 1.75. The fourth-order valence-electron chi connectivity index (χ4n) is 2.68. The lowest BCUT2D eigenvalue weighted by atomic mass is 10.2. The van der Waals surface area contributed by atoms with Gasteiger partial charge in [-0.3, -0.25) is 24.3 Å². The van der Waals surface area contributed by atoms with Crippen LogP contribution in [0, 0.1) is 22.9 Å². The quantitative estimate of drug-likeness (QED) is 0.456. The summed E-state index contributed by atoms with van der Waals surface area (Å²) in [7, 11) is 0. The summed E-state index contributed by atoms with van der Waals surface area (Å²) in [5.41, 5.74) is 0.579. The van der Waals surface area contributed by atoms with Crippen molar-refractivity contribution in [2.24, 2.45) is 0 Å². The van der Waals surface area contributed by atoms with Gasteiger partial charge in [-0.05, 0) is 35.8 Å². The van der Waals surface area contributed by atoms with E-state index in [1.165, 1.54) is 22.4 Å². The van der Waals surface area contributed by atoms with Crippen molar-refractivity contribution in [2.75, 3.05) is 5.32 Å². The van der Waals surface area contributed by atoms with Gasteiger partial charge < -0.3 is 5.32 Å². The average Bonchev–Trinajstić information content (AvgIpc) is 3.19. The lowest BCUT2D eigenvalue weighted by Crippen LogP contribution is -2.25. The van der Waals surface area contributed by atoms with Crippen LogP contribution in [0.2, 0.25) is 0 Å². The van der Waals surface area contributed by atoms with E-state index in [2.05, 4.69) is 31.4 Å². The number of hydrogen-bond donors (Lipinski definition) is 1. The SMILES string of the molecule is Cc1c([N+](=O)[O-])cnn1C(C)C(=O)Nc1nn(Cc2ccccc2F)cc1Br. The van der Waals surface area contributed by atoms with Gasteiger partial charge >= 0.3 is 5.69 Å². The molecule has 0 spiro atoms. The summed E-state index contributed by atoms with van der Waals surface area (Å²) >= 11 is 3.32. The molecule has 0 aliphatic carbocycles. The lowest BCUT2D eigenvalue weighted by molar-refractivity contribution is -0.385. The molecule has 0 bridgehead atoms. The average molecular weight is 451 g/mol. The molecule has 0 saturated heterocycles. The maximum atomic E-state index is 13.8. The molecule has 0 aliphatic rings. The first-order chi connectivity index (χ1) is 13.3.